The second kappa shape index (κ2) is 12.3. The Morgan fingerprint density at radius 1 is 0.600 bits per heavy atom. The van der Waals surface area contributed by atoms with Crippen molar-refractivity contribution in [2.24, 2.45) is 5.92 Å². The molecule has 0 saturated heterocycles. The average Bonchev–Trinajstić information content (AvgIpc) is 3.72. The maximum atomic E-state index is 6.30. The van der Waals surface area contributed by atoms with Crippen molar-refractivity contribution in [3.63, 3.8) is 0 Å². The summed E-state index contributed by atoms with van der Waals surface area (Å²) in [6.07, 6.45) is 14.0. The van der Waals surface area contributed by atoms with E-state index < -0.39 is 0 Å². The summed E-state index contributed by atoms with van der Waals surface area (Å²) < 4.78 is 6.30. The molecule has 0 radical (unpaired) electrons. The lowest BCUT2D eigenvalue weighted by Crippen LogP contribution is -2.21. The molecular formula is C53H41NO. The number of para-hydroxylation sites is 1. The van der Waals surface area contributed by atoms with E-state index in [0.717, 1.165) is 18.6 Å². The van der Waals surface area contributed by atoms with E-state index >= 15 is 0 Å². The van der Waals surface area contributed by atoms with Gasteiger partial charge in [0.15, 0.2) is 0 Å². The van der Waals surface area contributed by atoms with Crippen molar-refractivity contribution in [1.29, 1.82) is 0 Å². The minimum absolute atomic E-state index is 0.122. The fourth-order valence-corrected chi connectivity index (χ4v) is 9.63. The fraction of sp³-hybridized carbons (Fsp3) is 0.132. The van der Waals surface area contributed by atoms with Gasteiger partial charge in [0.2, 0.25) is 0 Å². The topological polar surface area (TPSA) is 12.5 Å². The van der Waals surface area contributed by atoms with E-state index in [4.69, 9.17) is 4.74 Å². The van der Waals surface area contributed by atoms with Gasteiger partial charge in [-0.1, -0.05) is 153 Å². The van der Waals surface area contributed by atoms with Crippen LogP contribution in [-0.4, -0.2) is 6.10 Å². The zero-order valence-electron chi connectivity index (χ0n) is 31.2. The van der Waals surface area contributed by atoms with Crippen LogP contribution >= 0.6 is 0 Å². The first-order valence-electron chi connectivity index (χ1n) is 19.6. The lowest BCUT2D eigenvalue weighted by molar-refractivity contribution is 0.278. The van der Waals surface area contributed by atoms with Gasteiger partial charge in [-0.25, -0.2) is 0 Å². The van der Waals surface area contributed by atoms with Crippen molar-refractivity contribution in [2.75, 3.05) is 4.90 Å². The van der Waals surface area contributed by atoms with E-state index in [1.807, 2.05) is 0 Å². The van der Waals surface area contributed by atoms with E-state index in [1.165, 1.54) is 88.7 Å². The molecule has 2 unspecified atom stereocenters. The zero-order valence-corrected chi connectivity index (χ0v) is 31.2. The molecule has 0 aromatic heterocycles. The molecule has 0 saturated carbocycles. The predicted molar refractivity (Wildman–Crippen MR) is 230 cm³/mol. The summed E-state index contributed by atoms with van der Waals surface area (Å²) in [5, 5.41) is 5.05. The molecular weight excluding hydrogens is 667 g/mol. The van der Waals surface area contributed by atoms with Gasteiger partial charge in [-0.2, -0.15) is 0 Å². The maximum absolute atomic E-state index is 6.30. The molecule has 2 nitrogen and oxygen atoms in total. The summed E-state index contributed by atoms with van der Waals surface area (Å²) in [4.78, 5) is 2.51. The Morgan fingerprint density at radius 3 is 2.16 bits per heavy atom. The molecule has 55 heavy (non-hydrogen) atoms. The predicted octanol–water partition coefficient (Wildman–Crippen LogP) is 13.7. The van der Waals surface area contributed by atoms with Crippen LogP contribution in [0.3, 0.4) is 0 Å². The molecule has 264 valence electrons. The normalized spacial score (nSPS) is 18.8. The Bertz CT molecular complexity index is 2830. The summed E-state index contributed by atoms with van der Waals surface area (Å²) in [6, 6.07) is 53.5. The van der Waals surface area contributed by atoms with E-state index in [1.54, 1.807) is 0 Å². The molecule has 1 heterocycles. The Hall–Kier alpha value is -6.38. The highest BCUT2D eigenvalue weighted by atomic mass is 16.5. The third-order valence-electron chi connectivity index (χ3n) is 12.5. The van der Waals surface area contributed by atoms with Gasteiger partial charge in [0, 0.05) is 45.7 Å². The van der Waals surface area contributed by atoms with E-state index in [0.29, 0.717) is 5.92 Å². The molecule has 3 aliphatic carbocycles. The molecule has 0 spiro atoms. The van der Waals surface area contributed by atoms with Crippen LogP contribution in [0.2, 0.25) is 0 Å². The van der Waals surface area contributed by atoms with Crippen molar-refractivity contribution in [3.05, 3.63) is 204 Å². The molecule has 0 N–H and O–H groups in total. The number of rotatable bonds is 5. The van der Waals surface area contributed by atoms with Crippen molar-refractivity contribution in [1.82, 2.24) is 0 Å². The van der Waals surface area contributed by atoms with E-state index in [-0.39, 0.29) is 11.5 Å². The van der Waals surface area contributed by atoms with Gasteiger partial charge in [0.25, 0.3) is 0 Å². The minimum atomic E-state index is -0.161. The van der Waals surface area contributed by atoms with Crippen molar-refractivity contribution in [2.45, 2.75) is 38.2 Å². The smallest absolute Gasteiger partial charge is 0.128 e. The maximum Gasteiger partial charge on any atom is 0.128 e. The van der Waals surface area contributed by atoms with Gasteiger partial charge in [0.1, 0.15) is 11.9 Å². The first-order chi connectivity index (χ1) is 27.0. The lowest BCUT2D eigenvalue weighted by atomic mass is 9.81. The molecule has 0 bridgehead atoms. The molecule has 2 atom stereocenters. The monoisotopic (exact) mass is 707 g/mol. The van der Waals surface area contributed by atoms with Gasteiger partial charge < -0.3 is 9.64 Å². The molecule has 4 aliphatic rings. The fourth-order valence-electron chi connectivity index (χ4n) is 9.63. The van der Waals surface area contributed by atoms with Gasteiger partial charge in [-0.05, 0) is 97.9 Å². The number of benzene rings is 7. The Morgan fingerprint density at radius 2 is 1.33 bits per heavy atom. The van der Waals surface area contributed by atoms with Crippen molar-refractivity contribution in [3.8, 4) is 28.0 Å². The highest BCUT2D eigenvalue weighted by Gasteiger charge is 2.37. The summed E-state index contributed by atoms with van der Waals surface area (Å²) in [6.45, 7) is 4.78. The van der Waals surface area contributed by atoms with Crippen LogP contribution in [0.1, 0.15) is 43.4 Å². The molecule has 7 aromatic carbocycles. The summed E-state index contributed by atoms with van der Waals surface area (Å²) in [7, 11) is 0. The first-order valence-corrected chi connectivity index (χ1v) is 19.6. The van der Waals surface area contributed by atoms with Gasteiger partial charge in [-0.3, -0.25) is 0 Å². The molecule has 0 fully saturated rings. The average molecular weight is 708 g/mol. The van der Waals surface area contributed by atoms with Crippen LogP contribution in [0, 0.1) is 5.92 Å². The second-order valence-corrected chi connectivity index (χ2v) is 16.0. The van der Waals surface area contributed by atoms with Crippen molar-refractivity contribution < 1.29 is 4.74 Å². The molecule has 1 aliphatic heterocycles. The van der Waals surface area contributed by atoms with Crippen LogP contribution in [0.15, 0.2) is 187 Å². The quantitative estimate of drug-likeness (QED) is 0.165. The van der Waals surface area contributed by atoms with Crippen LogP contribution in [0.4, 0.5) is 11.4 Å². The number of anilines is 2. The molecule has 7 aromatic rings. The summed E-state index contributed by atoms with van der Waals surface area (Å²) in [5.74, 6) is 1.32. The van der Waals surface area contributed by atoms with Gasteiger partial charge in [-0.15, -0.1) is 0 Å². The molecule has 11 rings (SSSR count). The Labute approximate surface area is 323 Å². The molecule has 0 amide bonds. The SMILES string of the molecule is CC1(C)c2cc(-c3ccccc3)ccc2-c2ccc(N(C3=CCC(C4=CCC5Oc6ccccc6C5=C4)C=C3)c3cc4ccccc4c4ccccc34)cc21. The second-order valence-electron chi connectivity index (χ2n) is 16.0. The number of hydrogen-bond acceptors (Lipinski definition) is 2. The number of ether oxygens (including phenoxy) is 1. The van der Waals surface area contributed by atoms with Crippen LogP contribution in [-0.2, 0) is 5.41 Å². The zero-order chi connectivity index (χ0) is 36.7. The minimum Gasteiger partial charge on any atom is -0.485 e. The third-order valence-corrected chi connectivity index (χ3v) is 12.5. The number of allylic oxidation sites excluding steroid dienone is 5. The van der Waals surface area contributed by atoms with E-state index in [2.05, 4.69) is 195 Å². The van der Waals surface area contributed by atoms with E-state index in [9.17, 15) is 0 Å². The standard InChI is InChI=1S/C53H41NO/c1-53(2)48-31-37(34-12-4-3-5-13-34)22-27-43(48)44-28-26-40(33-49(44)53)54(50-32-38-14-6-7-15-41(38)42-16-8-9-17-45(42)50)39-24-20-35(21-25-39)36-23-29-52-47(30-36)46-18-10-11-19-51(46)55-52/h3-20,22-28,30-33,35,52H,21,29H2,1-2H3. The first kappa shape index (κ1) is 32.1. The molecule has 2 heteroatoms. The van der Waals surface area contributed by atoms with Gasteiger partial charge in [0.05, 0.1) is 5.69 Å². The Balaban J connectivity index is 1.02. The van der Waals surface area contributed by atoms with Crippen LogP contribution in [0.25, 0.3) is 49.4 Å². The summed E-state index contributed by atoms with van der Waals surface area (Å²) >= 11 is 0. The Kier molecular flexibility index (Phi) is 7.19. The van der Waals surface area contributed by atoms with Crippen molar-refractivity contribution >= 4 is 38.5 Å². The van der Waals surface area contributed by atoms with Gasteiger partial charge >= 0.3 is 0 Å². The highest BCUT2D eigenvalue weighted by Crippen LogP contribution is 2.52. The number of nitrogens with zero attached hydrogens (tertiary/aromatic N) is 1. The van der Waals surface area contributed by atoms with Crippen LogP contribution in [0.5, 0.6) is 5.75 Å². The largest absolute Gasteiger partial charge is 0.485 e. The summed E-state index contributed by atoms with van der Waals surface area (Å²) in [5.41, 5.74) is 15.3. The third kappa shape index (κ3) is 5.08. The number of hydrogen-bond donors (Lipinski definition) is 0. The van der Waals surface area contributed by atoms with Crippen LogP contribution < -0.4 is 9.64 Å². The number of fused-ring (bicyclic) bond motifs is 9. The lowest BCUT2D eigenvalue weighted by Gasteiger charge is -2.32. The highest BCUT2D eigenvalue weighted by molar-refractivity contribution is 6.14.